The van der Waals surface area contributed by atoms with Crippen LogP contribution in [-0.4, -0.2) is 32.3 Å². The van der Waals surface area contributed by atoms with Gasteiger partial charge in [-0.2, -0.15) is 0 Å². The SMILES string of the molecule is NC(N)=Nc1ccc(N2CC3(COC3)C2)cc1. The molecule has 0 unspecified atom stereocenters. The Labute approximate surface area is 100 Å². The number of nitrogens with two attached hydrogens (primary N) is 2. The summed E-state index contributed by atoms with van der Waals surface area (Å²) in [6.45, 7) is 4.01. The number of anilines is 1. The minimum absolute atomic E-state index is 0.0901. The van der Waals surface area contributed by atoms with Crippen LogP contribution in [0.1, 0.15) is 0 Å². The van der Waals surface area contributed by atoms with Gasteiger partial charge in [0, 0.05) is 18.8 Å². The Balaban J connectivity index is 1.67. The molecule has 2 heterocycles. The first-order valence-corrected chi connectivity index (χ1v) is 5.69. The van der Waals surface area contributed by atoms with E-state index in [0.717, 1.165) is 32.0 Å². The lowest BCUT2D eigenvalue weighted by Gasteiger charge is -2.56. The average Bonchev–Trinajstić information content (AvgIpc) is 2.15. The second kappa shape index (κ2) is 3.63. The Morgan fingerprint density at radius 3 is 2.29 bits per heavy atom. The van der Waals surface area contributed by atoms with E-state index < -0.39 is 0 Å². The Morgan fingerprint density at radius 1 is 1.18 bits per heavy atom. The van der Waals surface area contributed by atoms with Crippen molar-refractivity contribution < 1.29 is 4.74 Å². The second-order valence-electron chi connectivity index (χ2n) is 4.90. The molecule has 3 rings (SSSR count). The highest BCUT2D eigenvalue weighted by molar-refractivity contribution is 5.79. The number of ether oxygens (including phenoxy) is 1. The minimum Gasteiger partial charge on any atom is -0.380 e. The lowest BCUT2D eigenvalue weighted by molar-refractivity contribution is -0.127. The van der Waals surface area contributed by atoms with Crippen LogP contribution in [0.4, 0.5) is 11.4 Å². The number of nitrogens with zero attached hydrogens (tertiary/aromatic N) is 2. The van der Waals surface area contributed by atoms with Gasteiger partial charge >= 0.3 is 0 Å². The molecule has 0 radical (unpaired) electrons. The summed E-state index contributed by atoms with van der Waals surface area (Å²) in [6.07, 6.45) is 0. The fourth-order valence-corrected chi connectivity index (χ4v) is 2.41. The smallest absolute Gasteiger partial charge is 0.191 e. The fraction of sp³-hybridized carbons (Fsp3) is 0.417. The first kappa shape index (κ1) is 10.4. The number of benzene rings is 1. The van der Waals surface area contributed by atoms with Gasteiger partial charge in [0.05, 0.1) is 24.3 Å². The third-order valence-electron chi connectivity index (χ3n) is 3.34. The molecule has 1 spiro atoms. The van der Waals surface area contributed by atoms with Gasteiger partial charge in [-0.3, -0.25) is 0 Å². The Kier molecular flexibility index (Phi) is 2.22. The summed E-state index contributed by atoms with van der Waals surface area (Å²) in [5.74, 6) is 0.0901. The van der Waals surface area contributed by atoms with E-state index in [2.05, 4.69) is 9.89 Å². The highest BCUT2D eigenvalue weighted by Gasteiger charge is 2.48. The van der Waals surface area contributed by atoms with Crippen molar-refractivity contribution in [3.05, 3.63) is 24.3 Å². The summed E-state index contributed by atoms with van der Waals surface area (Å²) in [5.41, 5.74) is 13.1. The molecule has 4 N–H and O–H groups in total. The molecule has 0 bridgehead atoms. The van der Waals surface area contributed by atoms with Crippen molar-refractivity contribution in [1.82, 2.24) is 0 Å². The standard InChI is InChI=1S/C12H16N4O/c13-11(14)15-9-1-3-10(4-2-9)16-5-12(6-16)7-17-8-12/h1-4H,5-8H2,(H4,13,14,15). The normalized spacial score (nSPS) is 20.6. The predicted molar refractivity (Wildman–Crippen MR) is 67.4 cm³/mol. The molecule has 0 aromatic heterocycles. The van der Waals surface area contributed by atoms with Crippen molar-refractivity contribution in [1.29, 1.82) is 0 Å². The topological polar surface area (TPSA) is 76.9 Å². The molecule has 0 atom stereocenters. The number of hydrogen-bond donors (Lipinski definition) is 2. The Bertz CT molecular complexity index is 438. The monoisotopic (exact) mass is 232 g/mol. The molecular weight excluding hydrogens is 216 g/mol. The van der Waals surface area contributed by atoms with E-state index in [-0.39, 0.29) is 5.96 Å². The third kappa shape index (κ3) is 1.82. The van der Waals surface area contributed by atoms with Crippen LogP contribution < -0.4 is 16.4 Å². The summed E-state index contributed by atoms with van der Waals surface area (Å²) in [6, 6.07) is 7.96. The molecular formula is C12H16N4O. The predicted octanol–water partition coefficient (Wildman–Crippen LogP) is 0.428. The average molecular weight is 232 g/mol. The van der Waals surface area contributed by atoms with Gasteiger partial charge in [-0.25, -0.2) is 4.99 Å². The molecule has 5 nitrogen and oxygen atoms in total. The lowest BCUT2D eigenvalue weighted by atomic mass is 9.78. The van der Waals surface area contributed by atoms with Crippen LogP contribution in [0.15, 0.2) is 29.3 Å². The van der Waals surface area contributed by atoms with Crippen LogP contribution in [0, 0.1) is 5.41 Å². The maximum atomic E-state index is 5.32. The first-order chi connectivity index (χ1) is 8.17. The molecule has 2 fully saturated rings. The van der Waals surface area contributed by atoms with Crippen LogP contribution >= 0.6 is 0 Å². The summed E-state index contributed by atoms with van der Waals surface area (Å²) < 4.78 is 5.25. The molecule has 0 amide bonds. The van der Waals surface area contributed by atoms with E-state index in [9.17, 15) is 0 Å². The van der Waals surface area contributed by atoms with Gasteiger partial charge < -0.3 is 21.1 Å². The van der Waals surface area contributed by atoms with Gasteiger partial charge in [0.25, 0.3) is 0 Å². The number of rotatable bonds is 2. The second-order valence-corrected chi connectivity index (χ2v) is 4.90. The van der Waals surface area contributed by atoms with Gasteiger partial charge in [-0.15, -0.1) is 0 Å². The molecule has 2 aliphatic rings. The molecule has 0 saturated carbocycles. The maximum Gasteiger partial charge on any atom is 0.191 e. The summed E-state index contributed by atoms with van der Waals surface area (Å²) in [5, 5.41) is 0. The van der Waals surface area contributed by atoms with Crippen LogP contribution in [0.25, 0.3) is 0 Å². The molecule has 2 saturated heterocycles. The Morgan fingerprint density at radius 2 is 1.82 bits per heavy atom. The van der Waals surface area contributed by atoms with E-state index in [4.69, 9.17) is 16.2 Å². The van der Waals surface area contributed by atoms with E-state index >= 15 is 0 Å². The van der Waals surface area contributed by atoms with Gasteiger partial charge in [-0.05, 0) is 24.3 Å². The zero-order valence-electron chi connectivity index (χ0n) is 9.60. The van der Waals surface area contributed by atoms with Crippen molar-refractivity contribution in [3.63, 3.8) is 0 Å². The number of guanidine groups is 1. The number of aliphatic imine (C=N–C) groups is 1. The van der Waals surface area contributed by atoms with Gasteiger partial charge in [0.15, 0.2) is 5.96 Å². The summed E-state index contributed by atoms with van der Waals surface area (Å²) in [4.78, 5) is 6.34. The van der Waals surface area contributed by atoms with Crippen molar-refractivity contribution in [2.45, 2.75) is 0 Å². The molecule has 5 heteroatoms. The maximum absolute atomic E-state index is 5.32. The van der Waals surface area contributed by atoms with Crippen molar-refractivity contribution >= 4 is 17.3 Å². The van der Waals surface area contributed by atoms with E-state index in [1.807, 2.05) is 24.3 Å². The van der Waals surface area contributed by atoms with Crippen molar-refractivity contribution in [2.24, 2.45) is 21.9 Å². The Hall–Kier alpha value is -1.75. The van der Waals surface area contributed by atoms with Crippen LogP contribution in [0.3, 0.4) is 0 Å². The summed E-state index contributed by atoms with van der Waals surface area (Å²) in [7, 11) is 0. The molecule has 90 valence electrons. The first-order valence-electron chi connectivity index (χ1n) is 5.69. The van der Waals surface area contributed by atoms with Crippen LogP contribution in [-0.2, 0) is 4.74 Å². The molecule has 0 aliphatic carbocycles. The summed E-state index contributed by atoms with van der Waals surface area (Å²) >= 11 is 0. The lowest BCUT2D eigenvalue weighted by Crippen LogP contribution is -2.66. The van der Waals surface area contributed by atoms with Gasteiger partial charge in [-0.1, -0.05) is 0 Å². The van der Waals surface area contributed by atoms with Gasteiger partial charge in [0.2, 0.25) is 0 Å². The highest BCUT2D eigenvalue weighted by Crippen LogP contribution is 2.40. The fourth-order valence-electron chi connectivity index (χ4n) is 2.41. The zero-order chi connectivity index (χ0) is 11.9. The third-order valence-corrected chi connectivity index (χ3v) is 3.34. The van der Waals surface area contributed by atoms with Crippen LogP contribution in [0.2, 0.25) is 0 Å². The molecule has 1 aromatic carbocycles. The molecule has 1 aromatic rings. The number of hydrogen-bond acceptors (Lipinski definition) is 3. The van der Waals surface area contributed by atoms with E-state index in [0.29, 0.717) is 5.41 Å². The largest absolute Gasteiger partial charge is 0.380 e. The molecule has 17 heavy (non-hydrogen) atoms. The van der Waals surface area contributed by atoms with E-state index in [1.54, 1.807) is 0 Å². The van der Waals surface area contributed by atoms with E-state index in [1.165, 1.54) is 5.69 Å². The highest BCUT2D eigenvalue weighted by atomic mass is 16.5. The van der Waals surface area contributed by atoms with Crippen molar-refractivity contribution in [3.8, 4) is 0 Å². The quantitative estimate of drug-likeness (QED) is 0.572. The van der Waals surface area contributed by atoms with Crippen LogP contribution in [0.5, 0.6) is 0 Å². The minimum atomic E-state index is 0.0901. The van der Waals surface area contributed by atoms with Crippen molar-refractivity contribution in [2.75, 3.05) is 31.2 Å². The van der Waals surface area contributed by atoms with Gasteiger partial charge in [0.1, 0.15) is 0 Å². The zero-order valence-corrected chi connectivity index (χ0v) is 9.60. The molecule has 2 aliphatic heterocycles.